The van der Waals surface area contributed by atoms with Crippen LogP contribution < -0.4 is 4.74 Å². The minimum absolute atomic E-state index is 0.681. The van der Waals surface area contributed by atoms with Crippen molar-refractivity contribution in [3.8, 4) is 5.75 Å². The van der Waals surface area contributed by atoms with Crippen LogP contribution in [0, 0.1) is 0 Å². The van der Waals surface area contributed by atoms with Gasteiger partial charge >= 0.3 is 81.8 Å². The Bertz CT molecular complexity index is 220. The Hall–Kier alpha value is -0.423. The van der Waals surface area contributed by atoms with E-state index in [0.717, 1.165) is 11.0 Å². The van der Waals surface area contributed by atoms with Crippen molar-refractivity contribution in [3.63, 3.8) is 0 Å². The van der Waals surface area contributed by atoms with Crippen LogP contribution in [0.25, 0.3) is 0 Å². The Morgan fingerprint density at radius 1 is 1.25 bits per heavy atom. The standard InChI is InChI=1S/C9H11O2.Li/c1-10-7-8-3-5-9(11-2)6-4-8;/h3-6H,1,7H2,2H3;. The van der Waals surface area contributed by atoms with Gasteiger partial charge in [-0.05, 0) is 0 Å². The van der Waals surface area contributed by atoms with E-state index in [1.54, 1.807) is 7.11 Å². The molecular formula is C9H11LiO2. The SMILES string of the molecule is [Li][CH2]OCc1ccc(OC)cc1. The van der Waals surface area contributed by atoms with E-state index in [2.05, 4.69) is 0 Å². The average Bonchev–Trinajstić information content (AvgIpc) is 2.15. The number of ether oxygens (including phenoxy) is 2. The molecule has 0 aromatic heterocycles. The third-order valence-corrected chi connectivity index (χ3v) is 1.63. The third kappa shape index (κ3) is 2.90. The molecule has 0 fully saturated rings. The van der Waals surface area contributed by atoms with Crippen LogP contribution in [0.5, 0.6) is 5.75 Å². The van der Waals surface area contributed by atoms with Crippen LogP contribution in [0.3, 0.4) is 0 Å². The molecule has 0 amide bonds. The molecule has 1 aromatic carbocycles. The van der Waals surface area contributed by atoms with Crippen molar-refractivity contribution in [3.05, 3.63) is 29.8 Å². The van der Waals surface area contributed by atoms with Crippen molar-refractivity contribution in [1.29, 1.82) is 0 Å². The summed E-state index contributed by atoms with van der Waals surface area (Å²) in [7, 11) is 1.66. The second-order valence-corrected chi connectivity index (χ2v) is 2.49. The third-order valence-electron chi connectivity index (χ3n) is 1.63. The van der Waals surface area contributed by atoms with Crippen LogP contribution in [-0.4, -0.2) is 30.1 Å². The van der Waals surface area contributed by atoms with Crippen LogP contribution in [0.4, 0.5) is 0 Å². The van der Waals surface area contributed by atoms with Crippen molar-refractivity contribution >= 4 is 17.7 Å². The fourth-order valence-corrected chi connectivity index (χ4v) is 0.942. The number of rotatable bonds is 4. The van der Waals surface area contributed by atoms with Gasteiger partial charge in [0, 0.05) is 0 Å². The van der Waals surface area contributed by atoms with E-state index in [4.69, 9.17) is 9.47 Å². The molecule has 0 saturated carbocycles. The van der Waals surface area contributed by atoms with Crippen LogP contribution in [0.15, 0.2) is 24.3 Å². The fraction of sp³-hybridized carbons (Fsp3) is 0.333. The van der Waals surface area contributed by atoms with Crippen LogP contribution in [0.2, 0.25) is 0 Å². The van der Waals surface area contributed by atoms with Crippen LogP contribution >= 0.6 is 0 Å². The zero-order chi connectivity index (χ0) is 8.81. The van der Waals surface area contributed by atoms with Crippen molar-refractivity contribution < 1.29 is 9.47 Å². The molecule has 0 aliphatic heterocycles. The summed E-state index contributed by atoms with van der Waals surface area (Å²) in [6.45, 7) is 0.681. The first-order valence-electron chi connectivity index (χ1n) is 4.07. The summed E-state index contributed by atoms with van der Waals surface area (Å²) in [4.78, 5) is 0. The zero-order valence-electron chi connectivity index (χ0n) is 7.54. The molecule has 0 aliphatic rings. The van der Waals surface area contributed by atoms with Crippen molar-refractivity contribution in [1.82, 2.24) is 0 Å². The first-order valence-corrected chi connectivity index (χ1v) is 4.07. The molecule has 3 heteroatoms. The van der Waals surface area contributed by atoms with Crippen molar-refractivity contribution in [2.24, 2.45) is 0 Å². The molecule has 60 valence electrons. The molecule has 0 N–H and O–H groups in total. The van der Waals surface area contributed by atoms with Crippen LogP contribution in [-0.2, 0) is 11.3 Å². The molecular weight excluding hydrogens is 147 g/mol. The number of hydrogen-bond donors (Lipinski definition) is 0. The Labute approximate surface area is 82.1 Å². The summed E-state index contributed by atoms with van der Waals surface area (Å²) < 4.78 is 10.3. The molecule has 0 atom stereocenters. The van der Waals surface area contributed by atoms with Gasteiger partial charge in [0.2, 0.25) is 0 Å². The fourth-order valence-electron chi connectivity index (χ4n) is 0.942. The Kier molecular flexibility index (Phi) is 4.24. The van der Waals surface area contributed by atoms with E-state index in [9.17, 15) is 0 Å². The second kappa shape index (κ2) is 5.26. The van der Waals surface area contributed by atoms with Crippen LogP contribution in [0.1, 0.15) is 5.56 Å². The van der Waals surface area contributed by atoms with Crippen molar-refractivity contribution in [2.45, 2.75) is 6.61 Å². The summed E-state index contributed by atoms with van der Waals surface area (Å²) in [5.41, 5.74) is 1.18. The van der Waals surface area contributed by atoms with E-state index >= 15 is 0 Å². The molecule has 0 saturated heterocycles. The maximum absolute atomic E-state index is 5.25. The van der Waals surface area contributed by atoms with Gasteiger partial charge in [-0.2, -0.15) is 0 Å². The maximum atomic E-state index is 5.25. The Morgan fingerprint density at radius 2 is 1.92 bits per heavy atom. The monoisotopic (exact) mass is 158 g/mol. The number of benzene rings is 1. The molecule has 2 nitrogen and oxygen atoms in total. The van der Waals surface area contributed by atoms with Gasteiger partial charge in [-0.3, -0.25) is 0 Å². The zero-order valence-corrected chi connectivity index (χ0v) is 7.54. The predicted molar refractivity (Wildman–Crippen MR) is 48.4 cm³/mol. The number of hydrogen-bond acceptors (Lipinski definition) is 2. The Morgan fingerprint density at radius 3 is 2.42 bits per heavy atom. The first kappa shape index (κ1) is 9.66. The molecule has 0 aliphatic carbocycles. The van der Waals surface area contributed by atoms with E-state index in [1.165, 1.54) is 5.56 Å². The topological polar surface area (TPSA) is 18.5 Å². The summed E-state index contributed by atoms with van der Waals surface area (Å²) >= 11 is 1.99. The molecule has 0 bridgehead atoms. The number of methoxy groups -OCH3 is 1. The van der Waals surface area contributed by atoms with E-state index in [1.807, 2.05) is 42.0 Å². The minimum atomic E-state index is 0.681. The van der Waals surface area contributed by atoms with Crippen molar-refractivity contribution in [2.75, 3.05) is 12.4 Å². The molecule has 0 heterocycles. The van der Waals surface area contributed by atoms with Gasteiger partial charge in [0.05, 0.1) is 0 Å². The Balaban J connectivity index is 2.53. The molecule has 12 heavy (non-hydrogen) atoms. The van der Waals surface area contributed by atoms with Gasteiger partial charge < -0.3 is 0 Å². The summed E-state index contributed by atoms with van der Waals surface area (Å²) in [5.74, 6) is 0.884. The average molecular weight is 158 g/mol. The van der Waals surface area contributed by atoms with Gasteiger partial charge in [0.1, 0.15) is 0 Å². The normalized spacial score (nSPS) is 9.92. The second-order valence-electron chi connectivity index (χ2n) is 2.49. The van der Waals surface area contributed by atoms with E-state index in [0.29, 0.717) is 6.61 Å². The van der Waals surface area contributed by atoms with E-state index in [-0.39, 0.29) is 0 Å². The van der Waals surface area contributed by atoms with Gasteiger partial charge in [-0.15, -0.1) is 0 Å². The molecule has 1 aromatic rings. The van der Waals surface area contributed by atoms with Gasteiger partial charge in [-0.25, -0.2) is 0 Å². The van der Waals surface area contributed by atoms with E-state index < -0.39 is 0 Å². The molecule has 0 radical (unpaired) electrons. The van der Waals surface area contributed by atoms with Gasteiger partial charge in [0.15, 0.2) is 0 Å². The molecule has 1 rings (SSSR count). The summed E-state index contributed by atoms with van der Waals surface area (Å²) in [6.07, 6.45) is 0. The quantitative estimate of drug-likeness (QED) is 0.615. The van der Waals surface area contributed by atoms with Gasteiger partial charge in [-0.1, -0.05) is 0 Å². The first-order chi connectivity index (χ1) is 5.86. The summed E-state index contributed by atoms with van der Waals surface area (Å²) in [5, 5.41) is 0.756. The predicted octanol–water partition coefficient (Wildman–Crippen LogP) is 1.34. The molecule has 0 unspecified atom stereocenters. The molecule has 0 spiro atoms. The summed E-state index contributed by atoms with van der Waals surface area (Å²) in [6, 6.07) is 7.89. The van der Waals surface area contributed by atoms with Gasteiger partial charge in [0.25, 0.3) is 0 Å².